The van der Waals surface area contributed by atoms with Crippen LogP contribution in [0.4, 0.5) is 17.1 Å². The van der Waals surface area contributed by atoms with E-state index in [4.69, 9.17) is 14.5 Å². The summed E-state index contributed by atoms with van der Waals surface area (Å²) in [4.78, 5) is 29.0. The molecule has 0 bridgehead atoms. The summed E-state index contributed by atoms with van der Waals surface area (Å²) in [5.74, 6) is 3.72. The maximum atomic E-state index is 6.64. The number of hydrogen-bond acceptors (Lipinski definition) is 9. The molecule has 73 heavy (non-hydrogen) atoms. The molecular formula is C63H62BrN7O2. The van der Waals surface area contributed by atoms with E-state index in [1.54, 1.807) is 24.8 Å². The Morgan fingerprint density at radius 1 is 0.397 bits per heavy atom. The van der Waals surface area contributed by atoms with E-state index in [1.807, 2.05) is 36.4 Å². The van der Waals surface area contributed by atoms with Crippen LogP contribution in [0.25, 0.3) is 44.1 Å². The van der Waals surface area contributed by atoms with E-state index in [9.17, 15) is 0 Å². The maximum Gasteiger partial charge on any atom is 0.163 e. The minimum absolute atomic E-state index is 0.000650. The van der Waals surface area contributed by atoms with Crippen molar-refractivity contribution in [2.24, 2.45) is 0 Å². The molecule has 0 spiro atoms. The van der Waals surface area contributed by atoms with Gasteiger partial charge in [-0.3, -0.25) is 0 Å². The second-order valence-electron chi connectivity index (χ2n) is 23.1. The number of rotatable bonds is 1. The molecular weight excluding hydrogens is 967 g/mol. The van der Waals surface area contributed by atoms with Crippen LogP contribution in [0.2, 0.25) is 0 Å². The Morgan fingerprint density at radius 2 is 0.712 bits per heavy atom. The van der Waals surface area contributed by atoms with Crippen molar-refractivity contribution >= 4 is 77.1 Å². The Hall–Kier alpha value is -7.30. The van der Waals surface area contributed by atoms with Gasteiger partial charge in [0.1, 0.15) is 11.5 Å². The summed E-state index contributed by atoms with van der Waals surface area (Å²) < 4.78 is 13.9. The van der Waals surface area contributed by atoms with E-state index in [2.05, 4.69) is 214 Å². The molecule has 0 N–H and O–H groups in total. The van der Waals surface area contributed by atoms with Gasteiger partial charge < -0.3 is 14.4 Å². The lowest BCUT2D eigenvalue weighted by molar-refractivity contribution is 0.453. The third-order valence-electron chi connectivity index (χ3n) is 13.6. The van der Waals surface area contributed by atoms with Crippen molar-refractivity contribution in [2.75, 3.05) is 4.90 Å². The molecule has 0 unspecified atom stereocenters. The molecule has 10 heteroatoms. The van der Waals surface area contributed by atoms with Crippen molar-refractivity contribution in [3.05, 3.63) is 184 Å². The molecule has 9 nitrogen and oxygen atoms in total. The maximum absolute atomic E-state index is 6.64. The largest absolute Gasteiger partial charge is 0.457 e. The quantitative estimate of drug-likeness (QED) is 0.149. The topological polar surface area (TPSA) is 99.0 Å². The molecule has 0 radical (unpaired) electrons. The van der Waals surface area contributed by atoms with Crippen molar-refractivity contribution in [2.45, 2.75) is 111 Å². The lowest BCUT2D eigenvalue weighted by Crippen LogP contribution is -2.20. The number of nitrogens with zero attached hydrogens (tertiary/aromatic N) is 7. The number of anilines is 3. The lowest BCUT2D eigenvalue weighted by atomic mass is 9.84. The lowest BCUT2D eigenvalue weighted by Gasteiger charge is -2.35. The summed E-state index contributed by atoms with van der Waals surface area (Å²) in [5.41, 5.74) is 13.7. The number of pyridine rings is 6. The van der Waals surface area contributed by atoms with Gasteiger partial charge >= 0.3 is 0 Å². The highest BCUT2D eigenvalue weighted by atomic mass is 79.9. The van der Waals surface area contributed by atoms with Crippen LogP contribution in [-0.2, 0) is 28.1 Å². The number of hydrogen-bond donors (Lipinski definition) is 0. The third kappa shape index (κ3) is 9.85. The zero-order chi connectivity index (χ0) is 51.6. The van der Waals surface area contributed by atoms with E-state index >= 15 is 0 Å². The average molecular weight is 1030 g/mol. The van der Waals surface area contributed by atoms with Gasteiger partial charge in [0.2, 0.25) is 0 Å². The minimum Gasteiger partial charge on any atom is -0.457 e. The van der Waals surface area contributed by atoms with Gasteiger partial charge in [-0.25, -0.2) is 29.9 Å². The molecule has 4 aromatic carbocycles. The second-order valence-corrected chi connectivity index (χ2v) is 23.9. The molecule has 0 saturated carbocycles. The van der Waals surface area contributed by atoms with Crippen LogP contribution >= 0.6 is 15.9 Å². The molecule has 6 aromatic heterocycles. The number of halogens is 1. The Kier molecular flexibility index (Phi) is 12.6. The SMILES string of the molecule is Brc1c2cccnc2nc2ncccc12.CC(C)(C)c1ccc2c(c1)Oc1cc(C(C)(C)C)ccc1C2.CC(C)(C)c1ccc2c(c1)Oc1cc(C(C)(C)C)ccc1N2c1c2cccnc2nc2ncccc12. The average Bonchev–Trinajstić information content (AvgIpc) is 3.35. The van der Waals surface area contributed by atoms with Crippen molar-refractivity contribution in [1.82, 2.24) is 29.9 Å². The van der Waals surface area contributed by atoms with Gasteiger partial charge in [0, 0.05) is 57.2 Å². The molecule has 0 aliphatic carbocycles. The molecule has 2 aliphatic rings. The fourth-order valence-corrected chi connectivity index (χ4v) is 9.84. The van der Waals surface area contributed by atoms with Crippen molar-refractivity contribution < 1.29 is 9.47 Å². The first-order chi connectivity index (χ1) is 34.6. The van der Waals surface area contributed by atoms with Crippen molar-refractivity contribution in [3.8, 4) is 23.0 Å². The summed E-state index contributed by atoms with van der Waals surface area (Å²) in [6.07, 6.45) is 7.98. The molecule has 0 saturated heterocycles. The van der Waals surface area contributed by atoms with Crippen molar-refractivity contribution in [1.29, 1.82) is 0 Å². The van der Waals surface area contributed by atoms with E-state index in [-0.39, 0.29) is 21.7 Å². The van der Waals surface area contributed by atoms with Crippen LogP contribution in [0.15, 0.2) is 151 Å². The standard InChI is InChI=1S/C31H30N4O.C21H26O.C11H6BrN3/c1-30(2,3)19-11-13-23-25(17-19)36-26-18-20(31(4,5)6)12-14-24(26)35(23)27-21-9-7-15-32-28(21)34-29-22(27)10-8-16-33-29;1-20(2,3)16-9-7-14-11-15-8-10-17(21(4,5)6)13-19(15)22-18(14)12-16;12-9-7-3-1-5-13-10(7)15-11-8(9)4-2-6-14-11/h7-18H,1-6H3;7-10,12-13H,11H2,1-6H3;1-6H. The van der Waals surface area contributed by atoms with E-state index in [1.165, 1.54) is 33.4 Å². The molecule has 12 rings (SSSR count). The molecule has 2 aliphatic heterocycles. The fraction of sp³-hybridized carbons (Fsp3) is 0.270. The van der Waals surface area contributed by atoms with E-state index < -0.39 is 0 Å². The third-order valence-corrected chi connectivity index (χ3v) is 14.5. The first kappa shape index (κ1) is 49.3. The van der Waals surface area contributed by atoms with Gasteiger partial charge in [-0.2, -0.15) is 0 Å². The summed E-state index contributed by atoms with van der Waals surface area (Å²) in [6.45, 7) is 26.8. The van der Waals surface area contributed by atoms with Gasteiger partial charge in [-0.1, -0.05) is 119 Å². The van der Waals surface area contributed by atoms with Crippen LogP contribution in [-0.4, -0.2) is 29.9 Å². The fourth-order valence-electron chi connectivity index (χ4n) is 9.22. The Labute approximate surface area is 437 Å². The summed E-state index contributed by atoms with van der Waals surface area (Å²) in [5, 5.41) is 3.96. The van der Waals surface area contributed by atoms with Crippen LogP contribution in [0.3, 0.4) is 0 Å². The highest BCUT2D eigenvalue weighted by Gasteiger charge is 2.32. The van der Waals surface area contributed by atoms with E-state index in [0.29, 0.717) is 11.3 Å². The normalized spacial score (nSPS) is 13.1. The first-order valence-corrected chi connectivity index (χ1v) is 25.8. The second kappa shape index (κ2) is 18.6. The monoisotopic (exact) mass is 1030 g/mol. The molecule has 0 fully saturated rings. The zero-order valence-electron chi connectivity index (χ0n) is 43.9. The highest BCUT2D eigenvalue weighted by molar-refractivity contribution is 9.10. The van der Waals surface area contributed by atoms with Crippen LogP contribution < -0.4 is 14.4 Å². The van der Waals surface area contributed by atoms with Gasteiger partial charge in [0.25, 0.3) is 0 Å². The minimum atomic E-state index is 0.000650. The molecule has 0 atom stereocenters. The molecule has 10 aromatic rings. The predicted octanol–water partition coefficient (Wildman–Crippen LogP) is 17.3. The zero-order valence-corrected chi connectivity index (χ0v) is 45.5. The van der Waals surface area contributed by atoms with E-state index in [0.717, 1.165) is 83.8 Å². The first-order valence-electron chi connectivity index (χ1n) is 25.0. The van der Waals surface area contributed by atoms with Crippen LogP contribution in [0.5, 0.6) is 23.0 Å². The van der Waals surface area contributed by atoms with Crippen LogP contribution in [0.1, 0.15) is 116 Å². The predicted molar refractivity (Wildman–Crippen MR) is 303 cm³/mol. The van der Waals surface area contributed by atoms with Gasteiger partial charge in [0.05, 0.1) is 17.1 Å². The summed E-state index contributed by atoms with van der Waals surface area (Å²) in [7, 11) is 0. The summed E-state index contributed by atoms with van der Waals surface area (Å²) in [6, 6.07) is 42.3. The number of benzene rings is 4. The number of fused-ring (bicyclic) bond motifs is 8. The van der Waals surface area contributed by atoms with Gasteiger partial charge in [0.15, 0.2) is 34.1 Å². The molecule has 0 amide bonds. The summed E-state index contributed by atoms with van der Waals surface area (Å²) >= 11 is 3.56. The smallest absolute Gasteiger partial charge is 0.163 e. The Morgan fingerprint density at radius 3 is 1.08 bits per heavy atom. The van der Waals surface area contributed by atoms with Crippen molar-refractivity contribution in [3.63, 3.8) is 0 Å². The molecule has 368 valence electrons. The van der Waals surface area contributed by atoms with Gasteiger partial charge in [-0.15, -0.1) is 0 Å². The number of ether oxygens (including phenoxy) is 2. The van der Waals surface area contributed by atoms with Gasteiger partial charge in [-0.05, 0) is 156 Å². The Bertz CT molecular complexity index is 3520. The number of aromatic nitrogens is 6. The Balaban J connectivity index is 0.000000140. The molecule has 8 heterocycles. The van der Waals surface area contributed by atoms with Crippen LogP contribution in [0, 0.1) is 0 Å². The highest BCUT2D eigenvalue weighted by Crippen LogP contribution is 2.54.